The predicted molar refractivity (Wildman–Crippen MR) is 78.7 cm³/mol. The lowest BCUT2D eigenvalue weighted by atomic mass is 10.1. The number of aromatic nitrogens is 1. The van der Waals surface area contributed by atoms with E-state index in [9.17, 15) is 4.79 Å². The van der Waals surface area contributed by atoms with E-state index in [-0.39, 0.29) is 16.9 Å². The molecular formula is C12H19N3OS2. The van der Waals surface area contributed by atoms with Crippen LogP contribution in [0.4, 0.5) is 0 Å². The molecule has 0 saturated heterocycles. The smallest absolute Gasteiger partial charge is 0.230 e. The van der Waals surface area contributed by atoms with Gasteiger partial charge in [0.05, 0.1) is 27.6 Å². The van der Waals surface area contributed by atoms with E-state index in [1.54, 1.807) is 11.3 Å². The zero-order valence-electron chi connectivity index (χ0n) is 11.1. The highest BCUT2D eigenvalue weighted by molar-refractivity contribution is 7.80. The van der Waals surface area contributed by atoms with Gasteiger partial charge in [-0.2, -0.15) is 0 Å². The fourth-order valence-electron chi connectivity index (χ4n) is 1.84. The van der Waals surface area contributed by atoms with Crippen molar-refractivity contribution in [3.05, 3.63) is 15.6 Å². The molecule has 0 aliphatic carbocycles. The topological polar surface area (TPSA) is 68.0 Å². The lowest BCUT2D eigenvalue weighted by Gasteiger charge is -2.18. The van der Waals surface area contributed by atoms with Crippen LogP contribution in [0.2, 0.25) is 0 Å². The van der Waals surface area contributed by atoms with Crippen LogP contribution in [0.15, 0.2) is 0 Å². The molecule has 0 aliphatic heterocycles. The summed E-state index contributed by atoms with van der Waals surface area (Å²) in [5, 5.41) is 3.95. The van der Waals surface area contributed by atoms with Gasteiger partial charge in [0, 0.05) is 4.88 Å². The number of rotatable bonds is 5. The molecule has 1 aromatic heterocycles. The number of thiazole rings is 1. The van der Waals surface area contributed by atoms with Crippen molar-refractivity contribution in [2.45, 2.75) is 40.2 Å². The first-order chi connectivity index (χ1) is 8.36. The summed E-state index contributed by atoms with van der Waals surface area (Å²) >= 11 is 6.50. The zero-order valence-corrected chi connectivity index (χ0v) is 12.7. The first-order valence-corrected chi connectivity index (χ1v) is 7.12. The van der Waals surface area contributed by atoms with Crippen molar-refractivity contribution in [2.75, 3.05) is 0 Å². The van der Waals surface area contributed by atoms with Gasteiger partial charge >= 0.3 is 0 Å². The molecule has 1 amide bonds. The van der Waals surface area contributed by atoms with Crippen molar-refractivity contribution in [2.24, 2.45) is 11.7 Å². The number of aryl methyl sites for hydroxylation is 2. The highest BCUT2D eigenvalue weighted by Gasteiger charge is 2.22. The molecule has 1 aromatic rings. The molecule has 0 fully saturated rings. The van der Waals surface area contributed by atoms with Gasteiger partial charge in [0.25, 0.3) is 0 Å². The summed E-state index contributed by atoms with van der Waals surface area (Å²) in [6.07, 6.45) is 0.620. The molecule has 6 heteroatoms. The lowest BCUT2D eigenvalue weighted by Crippen LogP contribution is -2.38. The Kier molecular flexibility index (Phi) is 5.22. The summed E-state index contributed by atoms with van der Waals surface area (Å²) in [6, 6.07) is -0.0629. The van der Waals surface area contributed by atoms with E-state index in [1.165, 1.54) is 0 Å². The summed E-state index contributed by atoms with van der Waals surface area (Å²) in [5.74, 6) is -0.500. The summed E-state index contributed by atoms with van der Waals surface area (Å²) in [5.41, 5.74) is 6.52. The maximum Gasteiger partial charge on any atom is 0.230 e. The molecule has 0 saturated carbocycles. The van der Waals surface area contributed by atoms with Crippen LogP contribution in [0.3, 0.4) is 0 Å². The predicted octanol–water partition coefficient (Wildman–Crippen LogP) is 2.25. The van der Waals surface area contributed by atoms with Crippen molar-refractivity contribution in [1.82, 2.24) is 10.3 Å². The third-order valence-corrected chi connectivity index (χ3v) is 4.30. The van der Waals surface area contributed by atoms with Crippen LogP contribution in [0.25, 0.3) is 0 Å². The summed E-state index contributed by atoms with van der Waals surface area (Å²) in [4.78, 5) is 17.7. The van der Waals surface area contributed by atoms with Gasteiger partial charge in [0.2, 0.25) is 5.91 Å². The first-order valence-electron chi connectivity index (χ1n) is 5.90. The second-order valence-corrected chi connectivity index (χ2v) is 5.98. The first kappa shape index (κ1) is 15.0. The third kappa shape index (κ3) is 3.49. The SMILES string of the molecule is CCC(C(=O)NC(C)c1sc(C)nc1C)C(N)=S. The maximum absolute atomic E-state index is 12.0. The van der Waals surface area contributed by atoms with Gasteiger partial charge in [-0.15, -0.1) is 11.3 Å². The van der Waals surface area contributed by atoms with Gasteiger partial charge in [0.15, 0.2) is 0 Å². The average molecular weight is 285 g/mol. The molecule has 4 nitrogen and oxygen atoms in total. The molecular weight excluding hydrogens is 266 g/mol. The normalized spacial score (nSPS) is 14.0. The summed E-state index contributed by atoms with van der Waals surface area (Å²) in [7, 11) is 0. The molecule has 0 aromatic carbocycles. The Hall–Kier alpha value is -1.01. The van der Waals surface area contributed by atoms with Crippen molar-refractivity contribution in [3.8, 4) is 0 Å². The summed E-state index contributed by atoms with van der Waals surface area (Å²) in [6.45, 7) is 7.76. The van der Waals surface area contributed by atoms with Crippen LogP contribution in [0.5, 0.6) is 0 Å². The lowest BCUT2D eigenvalue weighted by molar-refractivity contribution is -0.123. The van der Waals surface area contributed by atoms with E-state index >= 15 is 0 Å². The molecule has 2 unspecified atom stereocenters. The van der Waals surface area contributed by atoms with E-state index in [0.717, 1.165) is 15.6 Å². The van der Waals surface area contributed by atoms with E-state index in [1.807, 2.05) is 27.7 Å². The second kappa shape index (κ2) is 6.24. The van der Waals surface area contributed by atoms with Crippen LogP contribution < -0.4 is 11.1 Å². The van der Waals surface area contributed by atoms with Gasteiger partial charge in [0.1, 0.15) is 0 Å². The van der Waals surface area contributed by atoms with E-state index < -0.39 is 5.92 Å². The Morgan fingerprint density at radius 1 is 1.56 bits per heavy atom. The van der Waals surface area contributed by atoms with Gasteiger partial charge in [-0.25, -0.2) is 4.98 Å². The number of amides is 1. The minimum absolute atomic E-state index is 0.0629. The Balaban J connectivity index is 2.76. The standard InChI is InChI=1S/C12H19N3OS2/c1-5-9(11(13)17)12(16)15-7(3)10-6(2)14-8(4)18-10/h7,9H,5H2,1-4H3,(H2,13,17)(H,15,16). The average Bonchev–Trinajstić information content (AvgIpc) is 2.58. The molecule has 0 radical (unpaired) electrons. The number of carbonyl (C=O) groups is 1. The molecule has 1 rings (SSSR count). The van der Waals surface area contributed by atoms with Crippen LogP contribution in [0.1, 0.15) is 41.9 Å². The number of nitrogens with one attached hydrogen (secondary N) is 1. The molecule has 18 heavy (non-hydrogen) atoms. The minimum Gasteiger partial charge on any atom is -0.393 e. The molecule has 3 N–H and O–H groups in total. The van der Waals surface area contributed by atoms with Gasteiger partial charge in [-0.3, -0.25) is 4.79 Å². The summed E-state index contributed by atoms with van der Waals surface area (Å²) < 4.78 is 0. The Labute approximate surface area is 117 Å². The second-order valence-electron chi connectivity index (χ2n) is 4.28. The molecule has 0 aliphatic rings. The Morgan fingerprint density at radius 3 is 2.56 bits per heavy atom. The van der Waals surface area contributed by atoms with E-state index in [0.29, 0.717) is 6.42 Å². The maximum atomic E-state index is 12.0. The molecule has 0 bridgehead atoms. The highest BCUT2D eigenvalue weighted by atomic mass is 32.1. The fraction of sp³-hybridized carbons (Fsp3) is 0.583. The number of nitrogens with zero attached hydrogens (tertiary/aromatic N) is 1. The van der Waals surface area contributed by atoms with Crippen LogP contribution in [0, 0.1) is 19.8 Å². The largest absolute Gasteiger partial charge is 0.393 e. The van der Waals surface area contributed by atoms with Gasteiger partial charge in [-0.05, 0) is 27.2 Å². The van der Waals surface area contributed by atoms with Gasteiger partial charge in [-0.1, -0.05) is 19.1 Å². The molecule has 1 heterocycles. The Morgan fingerprint density at radius 2 is 2.17 bits per heavy atom. The third-order valence-electron chi connectivity index (χ3n) is 2.76. The van der Waals surface area contributed by atoms with Gasteiger partial charge < -0.3 is 11.1 Å². The van der Waals surface area contributed by atoms with Crippen LogP contribution in [-0.4, -0.2) is 15.9 Å². The fourth-order valence-corrected chi connectivity index (χ4v) is 3.05. The zero-order chi connectivity index (χ0) is 13.9. The number of hydrogen-bond donors (Lipinski definition) is 2. The minimum atomic E-state index is -0.392. The van der Waals surface area contributed by atoms with Crippen molar-refractivity contribution in [3.63, 3.8) is 0 Å². The van der Waals surface area contributed by atoms with Crippen molar-refractivity contribution >= 4 is 34.5 Å². The highest BCUT2D eigenvalue weighted by Crippen LogP contribution is 2.24. The number of carbonyl (C=O) groups excluding carboxylic acids is 1. The monoisotopic (exact) mass is 285 g/mol. The quantitative estimate of drug-likeness (QED) is 0.814. The van der Waals surface area contributed by atoms with Crippen LogP contribution >= 0.6 is 23.6 Å². The molecule has 2 atom stereocenters. The number of thiocarbonyl (C=S) groups is 1. The molecule has 0 spiro atoms. The number of hydrogen-bond acceptors (Lipinski definition) is 4. The Bertz CT molecular complexity index is 456. The van der Waals surface area contributed by atoms with Crippen molar-refractivity contribution < 1.29 is 4.79 Å². The van der Waals surface area contributed by atoms with E-state index in [4.69, 9.17) is 18.0 Å². The molecule has 100 valence electrons. The number of nitrogens with two attached hydrogens (primary N) is 1. The van der Waals surface area contributed by atoms with Crippen molar-refractivity contribution in [1.29, 1.82) is 0 Å². The van der Waals surface area contributed by atoms with E-state index in [2.05, 4.69) is 10.3 Å². The van der Waals surface area contributed by atoms with Crippen LogP contribution in [-0.2, 0) is 4.79 Å².